The van der Waals surface area contributed by atoms with Gasteiger partial charge in [-0.2, -0.15) is 13.2 Å². The number of carbonyl (C=O) groups excluding carboxylic acids is 1. The maximum Gasteiger partial charge on any atom is 0.501 e. The van der Waals surface area contributed by atoms with Crippen LogP contribution in [0.4, 0.5) is 13.2 Å². The minimum absolute atomic E-state index is 0.193. The molecule has 0 atom stereocenters. The smallest absolute Gasteiger partial charge is 0.339 e. The molecule has 0 unspecified atom stereocenters. The molecular formula is C13H14F3NO3S. The molecule has 116 valence electrons. The molecule has 1 fully saturated rings. The van der Waals surface area contributed by atoms with Gasteiger partial charge in [0.25, 0.3) is 15.7 Å². The Hall–Kier alpha value is -1.57. The predicted octanol–water partition coefficient (Wildman–Crippen LogP) is 2.61. The van der Waals surface area contributed by atoms with Gasteiger partial charge in [0.2, 0.25) is 0 Å². The lowest BCUT2D eigenvalue weighted by Crippen LogP contribution is -2.35. The monoisotopic (exact) mass is 321 g/mol. The standard InChI is InChI=1S/C13H14F3NO3S/c14-13(15,16)21(19,20)11-6-4-10(5-7-11)12(18)17-8-2-1-3-9-17/h4-7H,1-3,8-9H2. The molecule has 21 heavy (non-hydrogen) atoms. The first-order chi connectivity index (χ1) is 9.73. The molecule has 8 heteroatoms. The summed E-state index contributed by atoms with van der Waals surface area (Å²) in [6, 6.07) is 3.88. The number of hydrogen-bond acceptors (Lipinski definition) is 3. The molecule has 1 heterocycles. The third-order valence-electron chi connectivity index (χ3n) is 3.36. The van der Waals surface area contributed by atoms with Crippen LogP contribution in [-0.2, 0) is 9.84 Å². The van der Waals surface area contributed by atoms with Crippen LogP contribution in [0.25, 0.3) is 0 Å². The molecule has 1 aliphatic rings. The summed E-state index contributed by atoms with van der Waals surface area (Å²) >= 11 is 0. The van der Waals surface area contributed by atoms with Gasteiger partial charge in [-0.3, -0.25) is 4.79 Å². The van der Waals surface area contributed by atoms with Crippen LogP contribution in [0, 0.1) is 0 Å². The van der Waals surface area contributed by atoms with Crippen LogP contribution in [0.1, 0.15) is 29.6 Å². The maximum absolute atomic E-state index is 12.4. The van der Waals surface area contributed by atoms with Gasteiger partial charge in [0.15, 0.2) is 0 Å². The van der Waals surface area contributed by atoms with E-state index in [1.54, 1.807) is 4.90 Å². The van der Waals surface area contributed by atoms with Crippen molar-refractivity contribution in [2.24, 2.45) is 0 Å². The van der Waals surface area contributed by atoms with Crippen molar-refractivity contribution in [3.05, 3.63) is 29.8 Å². The van der Waals surface area contributed by atoms with E-state index in [1.807, 2.05) is 0 Å². The van der Waals surface area contributed by atoms with Gasteiger partial charge in [0, 0.05) is 18.7 Å². The number of hydrogen-bond donors (Lipinski definition) is 0. The Morgan fingerprint density at radius 1 is 1.00 bits per heavy atom. The van der Waals surface area contributed by atoms with E-state index >= 15 is 0 Å². The van der Waals surface area contributed by atoms with Crippen LogP contribution in [0.15, 0.2) is 29.2 Å². The number of halogens is 3. The van der Waals surface area contributed by atoms with E-state index in [1.165, 1.54) is 0 Å². The Morgan fingerprint density at radius 2 is 1.52 bits per heavy atom. The van der Waals surface area contributed by atoms with Gasteiger partial charge in [-0.05, 0) is 43.5 Å². The highest BCUT2D eigenvalue weighted by atomic mass is 32.2. The highest BCUT2D eigenvalue weighted by molar-refractivity contribution is 7.92. The van der Waals surface area contributed by atoms with Crippen LogP contribution in [-0.4, -0.2) is 37.8 Å². The molecule has 0 aromatic heterocycles. The van der Waals surface area contributed by atoms with Crippen molar-refractivity contribution < 1.29 is 26.4 Å². The summed E-state index contributed by atoms with van der Waals surface area (Å²) in [4.78, 5) is 12.9. The molecule has 1 aliphatic heterocycles. The number of amides is 1. The summed E-state index contributed by atoms with van der Waals surface area (Å²) in [6.45, 7) is 1.23. The predicted molar refractivity (Wildman–Crippen MR) is 69.4 cm³/mol. The van der Waals surface area contributed by atoms with E-state index < -0.39 is 20.2 Å². The van der Waals surface area contributed by atoms with Gasteiger partial charge in [-0.25, -0.2) is 8.42 Å². The van der Waals surface area contributed by atoms with E-state index in [0.29, 0.717) is 13.1 Å². The second-order valence-electron chi connectivity index (χ2n) is 4.83. The van der Waals surface area contributed by atoms with Gasteiger partial charge in [-0.1, -0.05) is 0 Å². The van der Waals surface area contributed by atoms with Gasteiger partial charge in [0.1, 0.15) is 0 Å². The Labute approximate surface area is 120 Å². The second-order valence-corrected chi connectivity index (χ2v) is 6.77. The maximum atomic E-state index is 12.4. The number of rotatable bonds is 2. The molecule has 0 radical (unpaired) electrons. The second kappa shape index (κ2) is 5.67. The lowest BCUT2D eigenvalue weighted by atomic mass is 10.1. The number of alkyl halides is 3. The normalized spacial score (nSPS) is 16.8. The van der Waals surface area contributed by atoms with E-state index in [4.69, 9.17) is 0 Å². The number of piperidine rings is 1. The van der Waals surface area contributed by atoms with Crippen LogP contribution in [0.2, 0.25) is 0 Å². The summed E-state index contributed by atoms with van der Waals surface area (Å²) < 4.78 is 59.7. The van der Waals surface area contributed by atoms with E-state index in [9.17, 15) is 26.4 Å². The molecule has 0 spiro atoms. The minimum atomic E-state index is -5.37. The lowest BCUT2D eigenvalue weighted by molar-refractivity contribution is -0.0436. The van der Waals surface area contributed by atoms with Crippen LogP contribution in [0.3, 0.4) is 0 Å². The fourth-order valence-electron chi connectivity index (χ4n) is 2.19. The zero-order chi connectivity index (χ0) is 15.7. The lowest BCUT2D eigenvalue weighted by Gasteiger charge is -2.26. The molecule has 1 aromatic carbocycles. The molecule has 1 saturated heterocycles. The quantitative estimate of drug-likeness (QED) is 0.841. The molecule has 0 N–H and O–H groups in total. The highest BCUT2D eigenvalue weighted by Crippen LogP contribution is 2.30. The van der Waals surface area contributed by atoms with Gasteiger partial charge >= 0.3 is 5.51 Å². The van der Waals surface area contributed by atoms with E-state index in [0.717, 1.165) is 43.5 Å². The summed E-state index contributed by atoms with van der Waals surface area (Å²) in [6.07, 6.45) is 2.84. The average Bonchev–Trinajstić information content (AvgIpc) is 2.46. The van der Waals surface area contributed by atoms with Gasteiger partial charge in [-0.15, -0.1) is 0 Å². The number of sulfone groups is 1. The van der Waals surface area contributed by atoms with Crippen molar-refractivity contribution in [3.8, 4) is 0 Å². The van der Waals surface area contributed by atoms with Crippen molar-refractivity contribution in [2.75, 3.05) is 13.1 Å². The molecular weight excluding hydrogens is 307 g/mol. The van der Waals surface area contributed by atoms with Crippen molar-refractivity contribution >= 4 is 15.7 Å². The first-order valence-corrected chi connectivity index (χ1v) is 7.92. The zero-order valence-corrected chi connectivity index (χ0v) is 11.9. The Balaban J connectivity index is 2.21. The van der Waals surface area contributed by atoms with Gasteiger partial charge in [0.05, 0.1) is 4.90 Å². The zero-order valence-electron chi connectivity index (χ0n) is 11.1. The molecule has 1 amide bonds. The first-order valence-electron chi connectivity index (χ1n) is 6.44. The molecule has 0 bridgehead atoms. The number of likely N-dealkylation sites (tertiary alicyclic amines) is 1. The summed E-state index contributed by atoms with van der Waals surface area (Å²) in [5, 5.41) is 0. The Morgan fingerprint density at radius 3 is 2.00 bits per heavy atom. The highest BCUT2D eigenvalue weighted by Gasteiger charge is 2.46. The van der Waals surface area contributed by atoms with Crippen LogP contribution < -0.4 is 0 Å². The average molecular weight is 321 g/mol. The van der Waals surface area contributed by atoms with E-state index in [-0.39, 0.29) is 11.5 Å². The topological polar surface area (TPSA) is 54.5 Å². The molecule has 2 rings (SSSR count). The van der Waals surface area contributed by atoms with Gasteiger partial charge < -0.3 is 4.90 Å². The Bertz CT molecular complexity index is 617. The van der Waals surface area contributed by atoms with Crippen molar-refractivity contribution in [3.63, 3.8) is 0 Å². The first kappa shape index (κ1) is 15.8. The number of benzene rings is 1. The van der Waals surface area contributed by atoms with Crippen LogP contribution >= 0.6 is 0 Å². The molecule has 0 aliphatic carbocycles. The fraction of sp³-hybridized carbons (Fsp3) is 0.462. The Kier molecular flexibility index (Phi) is 4.27. The third-order valence-corrected chi connectivity index (χ3v) is 4.86. The minimum Gasteiger partial charge on any atom is -0.339 e. The summed E-state index contributed by atoms with van der Waals surface area (Å²) in [7, 11) is -5.37. The third kappa shape index (κ3) is 3.20. The molecule has 1 aromatic rings. The molecule has 0 saturated carbocycles. The van der Waals surface area contributed by atoms with E-state index in [2.05, 4.69) is 0 Å². The molecule has 4 nitrogen and oxygen atoms in total. The van der Waals surface area contributed by atoms with Crippen molar-refractivity contribution in [1.29, 1.82) is 0 Å². The number of carbonyl (C=O) groups is 1. The number of nitrogens with zero attached hydrogens (tertiary/aromatic N) is 1. The SMILES string of the molecule is O=C(c1ccc(S(=O)(=O)C(F)(F)F)cc1)N1CCCCC1. The van der Waals surface area contributed by atoms with Crippen molar-refractivity contribution in [2.45, 2.75) is 29.7 Å². The summed E-state index contributed by atoms with van der Waals surface area (Å²) in [5.41, 5.74) is -5.15. The largest absolute Gasteiger partial charge is 0.501 e. The van der Waals surface area contributed by atoms with Crippen LogP contribution in [0.5, 0.6) is 0 Å². The van der Waals surface area contributed by atoms with Crippen molar-refractivity contribution in [1.82, 2.24) is 4.90 Å². The fourth-order valence-corrected chi connectivity index (χ4v) is 2.95. The summed E-state index contributed by atoms with van der Waals surface area (Å²) in [5.74, 6) is -0.286.